The summed E-state index contributed by atoms with van der Waals surface area (Å²) in [6, 6.07) is 15.3. The molecular weight excluding hydrogens is 410 g/mol. The number of carbonyl (C=O) groups is 1. The van der Waals surface area contributed by atoms with Crippen LogP contribution in [0, 0.1) is 22.7 Å². The highest BCUT2D eigenvalue weighted by molar-refractivity contribution is 6.53. The Labute approximate surface area is 195 Å². The first-order chi connectivity index (χ1) is 15.3. The van der Waals surface area contributed by atoms with E-state index in [1.54, 1.807) is 29.0 Å². The quantitative estimate of drug-likeness (QED) is 0.315. The molecule has 0 aliphatic heterocycles. The number of nitrogens with one attached hydrogen (secondary N) is 1. The minimum atomic E-state index is -0.492. The van der Waals surface area contributed by atoms with Crippen LogP contribution < -0.4 is 5.43 Å². The molecule has 0 aliphatic rings. The lowest BCUT2D eigenvalue weighted by atomic mass is 9.80. The first kappa shape index (κ1) is 23.8. The van der Waals surface area contributed by atoms with E-state index in [9.17, 15) is 15.3 Å². The maximum atomic E-state index is 13.2. The van der Waals surface area contributed by atoms with Crippen molar-refractivity contribution < 1.29 is 4.79 Å². The van der Waals surface area contributed by atoms with Gasteiger partial charge >= 0.3 is 0 Å². The molecule has 1 N–H and O–H groups in total. The summed E-state index contributed by atoms with van der Waals surface area (Å²) in [5, 5.41) is 23.7. The molecule has 1 heterocycles. The summed E-state index contributed by atoms with van der Waals surface area (Å²) in [6.07, 6.45) is 1.67. The SMILES string of the molecule is Cn1cc(C(=O)/C(C#N)=N/Nc2cc(C(C)(C)C)cc(C(C)(C)C)c2)c2cc(C#N)ccc21. The van der Waals surface area contributed by atoms with Gasteiger partial charge in [0, 0.05) is 24.1 Å². The Bertz CT molecular complexity index is 1320. The molecule has 0 spiro atoms. The molecule has 168 valence electrons. The Balaban J connectivity index is 2.02. The van der Waals surface area contributed by atoms with E-state index in [1.807, 2.05) is 25.2 Å². The van der Waals surface area contributed by atoms with Crippen molar-refractivity contribution in [2.75, 3.05) is 5.43 Å². The number of nitriles is 2. The third-order valence-corrected chi connectivity index (χ3v) is 5.65. The maximum Gasteiger partial charge on any atom is 0.226 e. The summed E-state index contributed by atoms with van der Waals surface area (Å²) in [7, 11) is 1.82. The number of rotatable bonds is 4. The molecular formula is C27H29N5O. The van der Waals surface area contributed by atoms with Crippen LogP contribution in [0.4, 0.5) is 5.69 Å². The summed E-state index contributed by atoms with van der Waals surface area (Å²) >= 11 is 0. The topological polar surface area (TPSA) is 94.0 Å². The van der Waals surface area contributed by atoms with Gasteiger partial charge < -0.3 is 4.57 Å². The zero-order valence-corrected chi connectivity index (χ0v) is 20.2. The summed E-state index contributed by atoms with van der Waals surface area (Å²) in [6.45, 7) is 12.8. The van der Waals surface area contributed by atoms with E-state index in [1.165, 1.54) is 0 Å². The molecule has 0 radical (unpaired) electrons. The van der Waals surface area contributed by atoms with Crippen molar-refractivity contribution in [3.05, 3.63) is 64.8 Å². The Morgan fingerprint density at radius 1 is 0.970 bits per heavy atom. The van der Waals surface area contributed by atoms with E-state index in [2.05, 4.69) is 64.2 Å². The van der Waals surface area contributed by atoms with Crippen molar-refractivity contribution in [3.63, 3.8) is 0 Å². The zero-order chi connectivity index (χ0) is 24.6. The van der Waals surface area contributed by atoms with Gasteiger partial charge in [-0.25, -0.2) is 0 Å². The van der Waals surface area contributed by atoms with Crippen LogP contribution in [0.3, 0.4) is 0 Å². The predicted octanol–water partition coefficient (Wildman–Crippen LogP) is 5.82. The molecule has 2 aromatic carbocycles. The second kappa shape index (κ2) is 8.56. The van der Waals surface area contributed by atoms with Crippen LogP contribution in [0.25, 0.3) is 10.9 Å². The van der Waals surface area contributed by atoms with Crippen molar-refractivity contribution in [2.45, 2.75) is 52.4 Å². The minimum absolute atomic E-state index is 0.0727. The normalized spacial score (nSPS) is 12.3. The Morgan fingerprint density at radius 2 is 1.58 bits per heavy atom. The molecule has 0 atom stereocenters. The number of hydrazone groups is 1. The fraction of sp³-hybridized carbons (Fsp3) is 0.333. The van der Waals surface area contributed by atoms with Crippen molar-refractivity contribution in [3.8, 4) is 12.1 Å². The monoisotopic (exact) mass is 439 g/mol. The number of fused-ring (bicyclic) bond motifs is 1. The van der Waals surface area contributed by atoms with Crippen LogP contribution in [0.2, 0.25) is 0 Å². The number of hydrogen-bond donors (Lipinski definition) is 1. The van der Waals surface area contributed by atoms with Crippen LogP contribution in [-0.4, -0.2) is 16.1 Å². The predicted molar refractivity (Wildman–Crippen MR) is 132 cm³/mol. The van der Waals surface area contributed by atoms with E-state index in [0.29, 0.717) is 16.5 Å². The number of ketones is 1. The fourth-order valence-corrected chi connectivity index (χ4v) is 3.58. The molecule has 0 aliphatic carbocycles. The molecule has 3 rings (SSSR count). The second-order valence-electron chi connectivity index (χ2n) is 10.3. The van der Waals surface area contributed by atoms with Crippen molar-refractivity contribution >= 4 is 28.1 Å². The highest BCUT2D eigenvalue weighted by Gasteiger charge is 2.22. The first-order valence-corrected chi connectivity index (χ1v) is 10.8. The van der Waals surface area contributed by atoms with Gasteiger partial charge in [-0.1, -0.05) is 47.6 Å². The van der Waals surface area contributed by atoms with Crippen molar-refractivity contribution in [2.24, 2.45) is 12.1 Å². The molecule has 1 aromatic heterocycles. The van der Waals surface area contributed by atoms with E-state index in [0.717, 1.165) is 22.3 Å². The van der Waals surface area contributed by atoms with Gasteiger partial charge in [0.05, 0.1) is 22.9 Å². The highest BCUT2D eigenvalue weighted by Crippen LogP contribution is 2.32. The number of carbonyl (C=O) groups excluding carboxylic acids is 1. The van der Waals surface area contributed by atoms with Crippen LogP contribution >= 0.6 is 0 Å². The number of Topliss-reactive ketones (excluding diaryl/α,β-unsaturated/α-hetero) is 1. The lowest BCUT2D eigenvalue weighted by molar-refractivity contribution is 0.106. The second-order valence-corrected chi connectivity index (χ2v) is 10.3. The minimum Gasteiger partial charge on any atom is -0.350 e. The molecule has 0 amide bonds. The third kappa shape index (κ3) is 4.96. The van der Waals surface area contributed by atoms with Crippen LogP contribution in [0.5, 0.6) is 0 Å². The van der Waals surface area contributed by atoms with Crippen LogP contribution in [0.15, 0.2) is 47.7 Å². The van der Waals surface area contributed by atoms with Crippen LogP contribution in [0.1, 0.15) is 68.6 Å². The summed E-state index contributed by atoms with van der Waals surface area (Å²) in [5.41, 5.74) is 7.12. The van der Waals surface area contributed by atoms with E-state index in [-0.39, 0.29) is 16.5 Å². The van der Waals surface area contributed by atoms with Gasteiger partial charge in [0.15, 0.2) is 0 Å². The summed E-state index contributed by atoms with van der Waals surface area (Å²) < 4.78 is 1.80. The molecule has 0 saturated heterocycles. The third-order valence-electron chi connectivity index (χ3n) is 5.65. The summed E-state index contributed by atoms with van der Waals surface area (Å²) in [4.78, 5) is 13.2. The number of anilines is 1. The van der Waals surface area contributed by atoms with Crippen LogP contribution in [-0.2, 0) is 17.9 Å². The van der Waals surface area contributed by atoms with Gasteiger partial charge in [-0.05, 0) is 52.3 Å². The molecule has 33 heavy (non-hydrogen) atoms. The lowest BCUT2D eigenvalue weighted by Gasteiger charge is -2.26. The number of aryl methyl sites for hydroxylation is 1. The molecule has 6 heteroatoms. The number of nitrogens with zero attached hydrogens (tertiary/aromatic N) is 4. The Kier molecular flexibility index (Phi) is 6.16. The van der Waals surface area contributed by atoms with Gasteiger partial charge in [0.25, 0.3) is 0 Å². The summed E-state index contributed by atoms with van der Waals surface area (Å²) in [5.74, 6) is -0.492. The van der Waals surface area contributed by atoms with E-state index in [4.69, 9.17) is 0 Å². The lowest BCUT2D eigenvalue weighted by Crippen LogP contribution is -2.17. The van der Waals surface area contributed by atoms with Gasteiger partial charge in [0.2, 0.25) is 11.5 Å². The number of aromatic nitrogens is 1. The molecule has 6 nitrogen and oxygen atoms in total. The first-order valence-electron chi connectivity index (χ1n) is 10.8. The van der Waals surface area contributed by atoms with Crippen molar-refractivity contribution in [1.29, 1.82) is 10.5 Å². The Hall–Kier alpha value is -3.90. The standard InChI is InChI=1S/C27H29N5O/c1-26(2,3)18-11-19(27(4,5)6)13-20(12-18)30-31-23(15-29)25(33)22-16-32(7)24-9-8-17(14-28)10-21(22)24/h8-13,16,30H,1-7H3/b31-23+. The van der Waals surface area contributed by atoms with E-state index >= 15 is 0 Å². The largest absolute Gasteiger partial charge is 0.350 e. The van der Waals surface area contributed by atoms with Gasteiger partial charge in [-0.2, -0.15) is 15.6 Å². The smallest absolute Gasteiger partial charge is 0.226 e. The average molecular weight is 440 g/mol. The fourth-order valence-electron chi connectivity index (χ4n) is 3.58. The maximum absolute atomic E-state index is 13.2. The zero-order valence-electron chi connectivity index (χ0n) is 20.2. The highest BCUT2D eigenvalue weighted by atomic mass is 16.1. The molecule has 0 fully saturated rings. The van der Waals surface area contributed by atoms with Gasteiger partial charge in [-0.3, -0.25) is 10.2 Å². The van der Waals surface area contributed by atoms with Gasteiger partial charge in [0.1, 0.15) is 6.07 Å². The number of benzene rings is 2. The average Bonchev–Trinajstić information content (AvgIpc) is 3.08. The molecule has 0 saturated carbocycles. The molecule has 0 unspecified atom stereocenters. The van der Waals surface area contributed by atoms with Gasteiger partial charge in [-0.15, -0.1) is 0 Å². The van der Waals surface area contributed by atoms with E-state index < -0.39 is 5.78 Å². The Morgan fingerprint density at radius 3 is 2.09 bits per heavy atom. The molecule has 0 bridgehead atoms. The van der Waals surface area contributed by atoms with Crippen molar-refractivity contribution in [1.82, 2.24) is 4.57 Å². The number of hydrogen-bond acceptors (Lipinski definition) is 5. The molecule has 3 aromatic rings.